The highest BCUT2D eigenvalue weighted by Gasteiger charge is 2.29. The largest absolute Gasteiger partial charge is 0.395 e. The SMILES string of the molecule is CC(C)(C)C(CBr)CN1CCCCCC1CO. The zero-order chi connectivity index (χ0) is 12.9. The molecule has 1 heterocycles. The Hall–Kier alpha value is 0.400. The van der Waals surface area contributed by atoms with Crippen molar-refractivity contribution in [2.24, 2.45) is 11.3 Å². The van der Waals surface area contributed by atoms with E-state index in [0.29, 0.717) is 24.0 Å². The van der Waals surface area contributed by atoms with Crippen molar-refractivity contribution in [3.8, 4) is 0 Å². The third-order valence-corrected chi connectivity index (χ3v) is 4.86. The van der Waals surface area contributed by atoms with Crippen LogP contribution in [0.2, 0.25) is 0 Å². The van der Waals surface area contributed by atoms with Gasteiger partial charge in [-0.25, -0.2) is 0 Å². The van der Waals surface area contributed by atoms with Crippen molar-refractivity contribution in [3.05, 3.63) is 0 Å². The van der Waals surface area contributed by atoms with Crippen LogP contribution >= 0.6 is 15.9 Å². The van der Waals surface area contributed by atoms with Gasteiger partial charge in [-0.05, 0) is 30.7 Å². The summed E-state index contributed by atoms with van der Waals surface area (Å²) in [4.78, 5) is 2.52. The molecule has 0 aliphatic carbocycles. The van der Waals surface area contributed by atoms with Gasteiger partial charge in [0.25, 0.3) is 0 Å². The van der Waals surface area contributed by atoms with E-state index in [4.69, 9.17) is 0 Å². The third kappa shape index (κ3) is 4.88. The Labute approximate surface area is 115 Å². The van der Waals surface area contributed by atoms with Gasteiger partial charge in [0.1, 0.15) is 0 Å². The Kier molecular flexibility index (Phi) is 6.46. The molecule has 102 valence electrons. The first-order valence-electron chi connectivity index (χ1n) is 6.90. The number of nitrogens with zero attached hydrogens (tertiary/aromatic N) is 1. The molecular weight excluding hydrogens is 278 g/mol. The molecule has 0 amide bonds. The fourth-order valence-corrected chi connectivity index (χ4v) is 3.70. The molecule has 0 bridgehead atoms. The second kappa shape index (κ2) is 7.10. The van der Waals surface area contributed by atoms with Gasteiger partial charge in [0.05, 0.1) is 6.61 Å². The van der Waals surface area contributed by atoms with E-state index < -0.39 is 0 Å². The second-order valence-electron chi connectivity index (χ2n) is 6.40. The number of halogens is 1. The molecule has 1 saturated heterocycles. The second-order valence-corrected chi connectivity index (χ2v) is 7.05. The Balaban J connectivity index is 2.61. The molecule has 17 heavy (non-hydrogen) atoms. The van der Waals surface area contributed by atoms with E-state index in [2.05, 4.69) is 41.6 Å². The highest BCUT2D eigenvalue weighted by atomic mass is 79.9. The van der Waals surface area contributed by atoms with Crippen molar-refractivity contribution in [3.63, 3.8) is 0 Å². The van der Waals surface area contributed by atoms with Crippen LogP contribution in [0.25, 0.3) is 0 Å². The minimum atomic E-state index is 0.319. The van der Waals surface area contributed by atoms with Crippen molar-refractivity contribution < 1.29 is 5.11 Å². The zero-order valence-electron chi connectivity index (χ0n) is 11.6. The summed E-state index contributed by atoms with van der Waals surface area (Å²) in [7, 11) is 0. The van der Waals surface area contributed by atoms with E-state index in [-0.39, 0.29) is 0 Å². The fourth-order valence-electron chi connectivity index (χ4n) is 2.52. The molecular formula is C14H28BrNO. The first kappa shape index (κ1) is 15.5. The van der Waals surface area contributed by atoms with Crippen molar-refractivity contribution in [1.29, 1.82) is 0 Å². The summed E-state index contributed by atoms with van der Waals surface area (Å²) < 4.78 is 0. The maximum Gasteiger partial charge on any atom is 0.0586 e. The van der Waals surface area contributed by atoms with Crippen LogP contribution in [0.15, 0.2) is 0 Å². The summed E-state index contributed by atoms with van der Waals surface area (Å²) in [6.45, 7) is 9.52. The lowest BCUT2D eigenvalue weighted by atomic mass is 9.81. The molecule has 0 aromatic heterocycles. The summed E-state index contributed by atoms with van der Waals surface area (Å²) in [6, 6.07) is 0.390. The van der Waals surface area contributed by atoms with Crippen molar-refractivity contribution in [2.45, 2.75) is 52.5 Å². The molecule has 0 radical (unpaired) electrons. The van der Waals surface area contributed by atoms with Crippen molar-refractivity contribution >= 4 is 15.9 Å². The predicted molar refractivity (Wildman–Crippen MR) is 77.7 cm³/mol. The number of rotatable bonds is 4. The van der Waals surface area contributed by atoms with E-state index in [1.165, 1.54) is 19.3 Å². The number of hydrogen-bond acceptors (Lipinski definition) is 2. The molecule has 2 nitrogen and oxygen atoms in total. The highest BCUT2D eigenvalue weighted by Crippen LogP contribution is 2.30. The van der Waals surface area contributed by atoms with Gasteiger partial charge < -0.3 is 5.11 Å². The molecule has 1 fully saturated rings. The summed E-state index contributed by atoms with van der Waals surface area (Å²) in [6.07, 6.45) is 5.04. The predicted octanol–water partition coefficient (Wildman–Crippen LogP) is 3.28. The summed E-state index contributed by atoms with van der Waals surface area (Å²) in [5.74, 6) is 0.648. The van der Waals surface area contributed by atoms with Gasteiger partial charge in [-0.3, -0.25) is 4.90 Å². The smallest absolute Gasteiger partial charge is 0.0586 e. The van der Waals surface area contributed by atoms with Crippen LogP contribution in [0.3, 0.4) is 0 Å². The number of hydrogen-bond donors (Lipinski definition) is 1. The van der Waals surface area contributed by atoms with Crippen LogP contribution in [0, 0.1) is 11.3 Å². The number of alkyl halides is 1. The van der Waals surface area contributed by atoms with Gasteiger partial charge in [0, 0.05) is 17.9 Å². The van der Waals surface area contributed by atoms with Crippen molar-refractivity contribution in [1.82, 2.24) is 4.90 Å². The molecule has 0 aromatic rings. The van der Waals surface area contributed by atoms with Gasteiger partial charge in [0.15, 0.2) is 0 Å². The van der Waals surface area contributed by atoms with E-state index in [1.807, 2.05) is 0 Å². The van der Waals surface area contributed by atoms with Crippen LogP contribution < -0.4 is 0 Å². The summed E-state index contributed by atoms with van der Waals surface area (Å²) in [5.41, 5.74) is 0.329. The Morgan fingerprint density at radius 2 is 2.00 bits per heavy atom. The minimum Gasteiger partial charge on any atom is -0.395 e. The molecule has 2 unspecified atom stereocenters. The van der Waals surface area contributed by atoms with E-state index in [0.717, 1.165) is 24.8 Å². The average Bonchev–Trinajstić information content (AvgIpc) is 2.48. The Morgan fingerprint density at radius 1 is 1.29 bits per heavy atom. The Bertz CT molecular complexity index is 215. The van der Waals surface area contributed by atoms with Gasteiger partial charge >= 0.3 is 0 Å². The normalized spacial score (nSPS) is 25.6. The standard InChI is InChI=1S/C14H28BrNO/c1-14(2,3)12(9-15)10-16-8-6-4-5-7-13(16)11-17/h12-13,17H,4-11H2,1-3H3. The van der Waals surface area contributed by atoms with E-state index in [1.54, 1.807) is 0 Å². The number of aliphatic hydroxyl groups is 1. The van der Waals surface area contributed by atoms with Crippen LogP contribution in [0.1, 0.15) is 46.5 Å². The van der Waals surface area contributed by atoms with E-state index in [9.17, 15) is 5.11 Å². The molecule has 1 aliphatic heterocycles. The molecule has 2 atom stereocenters. The topological polar surface area (TPSA) is 23.5 Å². The summed E-state index contributed by atoms with van der Waals surface area (Å²) in [5, 5.41) is 10.6. The summed E-state index contributed by atoms with van der Waals surface area (Å²) >= 11 is 3.65. The number of aliphatic hydroxyl groups excluding tert-OH is 1. The maximum atomic E-state index is 9.52. The van der Waals surface area contributed by atoms with Crippen LogP contribution in [0.5, 0.6) is 0 Å². The lowest BCUT2D eigenvalue weighted by molar-refractivity contribution is 0.0878. The van der Waals surface area contributed by atoms with Crippen LogP contribution in [-0.2, 0) is 0 Å². The molecule has 3 heteroatoms. The van der Waals surface area contributed by atoms with Gasteiger partial charge in [0.2, 0.25) is 0 Å². The zero-order valence-corrected chi connectivity index (χ0v) is 13.2. The lowest BCUT2D eigenvalue weighted by Gasteiger charge is -2.37. The minimum absolute atomic E-state index is 0.319. The monoisotopic (exact) mass is 305 g/mol. The molecule has 1 rings (SSSR count). The third-order valence-electron chi connectivity index (χ3n) is 4.08. The molecule has 0 aromatic carbocycles. The van der Waals surface area contributed by atoms with Gasteiger partial charge in [-0.1, -0.05) is 49.5 Å². The maximum absolute atomic E-state index is 9.52. The molecule has 1 aliphatic rings. The Morgan fingerprint density at radius 3 is 2.53 bits per heavy atom. The van der Waals surface area contributed by atoms with Gasteiger partial charge in [-0.15, -0.1) is 0 Å². The van der Waals surface area contributed by atoms with Gasteiger partial charge in [-0.2, -0.15) is 0 Å². The highest BCUT2D eigenvalue weighted by molar-refractivity contribution is 9.09. The number of likely N-dealkylation sites (tertiary alicyclic amines) is 1. The van der Waals surface area contributed by atoms with Crippen LogP contribution in [0.4, 0.5) is 0 Å². The quantitative estimate of drug-likeness (QED) is 0.806. The van der Waals surface area contributed by atoms with Crippen LogP contribution in [-0.4, -0.2) is 41.1 Å². The first-order valence-corrected chi connectivity index (χ1v) is 8.02. The fraction of sp³-hybridized carbons (Fsp3) is 1.00. The molecule has 0 saturated carbocycles. The average molecular weight is 306 g/mol. The van der Waals surface area contributed by atoms with Crippen molar-refractivity contribution in [2.75, 3.05) is 25.0 Å². The molecule has 1 N–H and O–H groups in total. The first-order chi connectivity index (χ1) is 7.99. The van der Waals surface area contributed by atoms with E-state index >= 15 is 0 Å². The molecule has 0 spiro atoms. The lowest BCUT2D eigenvalue weighted by Crippen LogP contribution is -2.43.